The van der Waals surface area contributed by atoms with Crippen molar-refractivity contribution in [1.29, 1.82) is 0 Å². The third-order valence-electron chi connectivity index (χ3n) is 3.28. The molecule has 2 amide bonds. The van der Waals surface area contributed by atoms with E-state index in [1.807, 2.05) is 13.8 Å². The molecule has 21 heavy (non-hydrogen) atoms. The van der Waals surface area contributed by atoms with Crippen LogP contribution in [0.2, 0.25) is 0 Å². The Kier molecular flexibility index (Phi) is 4.47. The molecule has 0 spiro atoms. The molecule has 1 aromatic rings. The number of rotatable bonds is 3. The van der Waals surface area contributed by atoms with Crippen molar-refractivity contribution in [3.05, 3.63) is 29.8 Å². The number of nitrogens with one attached hydrogen (secondary N) is 1. The number of nitrogens with zero attached hydrogens (tertiary/aromatic N) is 1. The van der Waals surface area contributed by atoms with Gasteiger partial charge in [0.25, 0.3) is 0 Å². The fourth-order valence-electron chi connectivity index (χ4n) is 2.10. The van der Waals surface area contributed by atoms with Crippen LogP contribution in [0.4, 0.5) is 10.5 Å². The summed E-state index contributed by atoms with van der Waals surface area (Å²) in [6, 6.07) is 6.42. The summed E-state index contributed by atoms with van der Waals surface area (Å²) in [5, 5.41) is 2.78. The largest absolute Gasteiger partial charge is 0.462 e. The molecule has 1 saturated heterocycles. The number of urea groups is 1. The maximum atomic E-state index is 12.3. The quantitative estimate of drug-likeness (QED) is 0.869. The minimum absolute atomic E-state index is 0.251. The Hall–Kier alpha value is -2.08. The lowest BCUT2D eigenvalue weighted by molar-refractivity contribution is 0.0526. The summed E-state index contributed by atoms with van der Waals surface area (Å²) in [5.74, 6) is -0.404. The summed E-state index contributed by atoms with van der Waals surface area (Å²) in [6.07, 6.45) is 0. The van der Waals surface area contributed by atoms with Gasteiger partial charge >= 0.3 is 12.0 Å². The van der Waals surface area contributed by atoms with E-state index in [0.29, 0.717) is 24.5 Å². The lowest BCUT2D eigenvalue weighted by Gasteiger charge is -2.29. The number of anilines is 1. The topological polar surface area (TPSA) is 67.9 Å². The highest BCUT2D eigenvalue weighted by Crippen LogP contribution is 2.22. The fraction of sp³-hybridized carbons (Fsp3) is 0.467. The van der Waals surface area contributed by atoms with E-state index in [1.54, 1.807) is 36.1 Å². The molecule has 6 nitrogen and oxygen atoms in total. The van der Waals surface area contributed by atoms with Crippen LogP contribution in [0.5, 0.6) is 0 Å². The minimum atomic E-state index is -0.404. The average Bonchev–Trinajstić information content (AvgIpc) is 2.79. The molecule has 1 aliphatic heterocycles. The zero-order valence-electron chi connectivity index (χ0n) is 12.5. The van der Waals surface area contributed by atoms with Gasteiger partial charge in [-0.3, -0.25) is 4.90 Å². The Labute approximate surface area is 124 Å². The smallest absolute Gasteiger partial charge is 0.338 e. The summed E-state index contributed by atoms with van der Waals surface area (Å²) in [7, 11) is 0. The first-order valence-corrected chi connectivity index (χ1v) is 6.87. The second kappa shape index (κ2) is 6.13. The average molecular weight is 292 g/mol. The van der Waals surface area contributed by atoms with Crippen molar-refractivity contribution in [3.8, 4) is 0 Å². The number of esters is 1. The number of hydrogen-bond donors (Lipinski definition) is 1. The van der Waals surface area contributed by atoms with E-state index in [4.69, 9.17) is 9.47 Å². The van der Waals surface area contributed by atoms with Crippen molar-refractivity contribution in [2.75, 3.05) is 25.3 Å². The van der Waals surface area contributed by atoms with Crippen LogP contribution in [0.1, 0.15) is 31.1 Å². The van der Waals surface area contributed by atoms with E-state index in [0.717, 1.165) is 0 Å². The number of carbonyl (C=O) groups excluding carboxylic acids is 2. The van der Waals surface area contributed by atoms with E-state index in [-0.39, 0.29) is 18.3 Å². The summed E-state index contributed by atoms with van der Waals surface area (Å²) in [4.78, 5) is 25.5. The third kappa shape index (κ3) is 3.52. The molecule has 0 atom stereocenters. The fourth-order valence-corrected chi connectivity index (χ4v) is 2.10. The van der Waals surface area contributed by atoms with Crippen LogP contribution in [-0.4, -0.2) is 42.4 Å². The third-order valence-corrected chi connectivity index (χ3v) is 3.28. The van der Waals surface area contributed by atoms with E-state index < -0.39 is 5.97 Å². The van der Waals surface area contributed by atoms with Gasteiger partial charge in [0, 0.05) is 5.69 Å². The van der Waals surface area contributed by atoms with Gasteiger partial charge < -0.3 is 14.8 Å². The molecular formula is C15H20N2O4. The number of benzene rings is 1. The highest BCUT2D eigenvalue weighted by molar-refractivity contribution is 5.94. The van der Waals surface area contributed by atoms with Gasteiger partial charge in [0.1, 0.15) is 6.73 Å². The summed E-state index contributed by atoms with van der Waals surface area (Å²) in [6.45, 7) is 6.70. The van der Waals surface area contributed by atoms with Gasteiger partial charge in [0.15, 0.2) is 0 Å². The Morgan fingerprint density at radius 1 is 1.43 bits per heavy atom. The van der Waals surface area contributed by atoms with Gasteiger partial charge in [-0.25, -0.2) is 9.59 Å². The predicted molar refractivity (Wildman–Crippen MR) is 78.2 cm³/mol. The van der Waals surface area contributed by atoms with Crippen molar-refractivity contribution < 1.29 is 19.1 Å². The molecule has 0 radical (unpaired) electrons. The molecule has 2 rings (SSSR count). The Morgan fingerprint density at radius 2 is 2.19 bits per heavy atom. The molecule has 0 aromatic heterocycles. The molecule has 1 aromatic carbocycles. The van der Waals surface area contributed by atoms with Gasteiger partial charge in [-0.15, -0.1) is 0 Å². The van der Waals surface area contributed by atoms with Crippen molar-refractivity contribution >= 4 is 17.7 Å². The number of ether oxygens (including phenoxy) is 2. The SMILES string of the molecule is CCOC(=O)c1cccc(NC(=O)N2COCC2(C)C)c1. The molecule has 0 unspecified atom stereocenters. The standard InChI is InChI=1S/C15H20N2O4/c1-4-21-13(18)11-6-5-7-12(8-11)16-14(19)17-10-20-9-15(17,2)3/h5-8H,4,9-10H2,1-3H3,(H,16,19). The predicted octanol–water partition coefficient (Wildman–Crippen LogP) is 2.46. The maximum absolute atomic E-state index is 12.3. The molecule has 1 aliphatic rings. The summed E-state index contributed by atoms with van der Waals surface area (Å²) in [5.41, 5.74) is 0.614. The first kappa shape index (κ1) is 15.3. The number of amides is 2. The highest BCUT2D eigenvalue weighted by atomic mass is 16.5. The van der Waals surface area contributed by atoms with Crippen molar-refractivity contribution in [2.45, 2.75) is 26.3 Å². The van der Waals surface area contributed by atoms with E-state index in [9.17, 15) is 9.59 Å². The summed E-state index contributed by atoms with van der Waals surface area (Å²) < 4.78 is 10.3. The lowest BCUT2D eigenvalue weighted by atomic mass is 10.1. The second-order valence-electron chi connectivity index (χ2n) is 5.45. The van der Waals surface area contributed by atoms with Crippen LogP contribution in [0.15, 0.2) is 24.3 Å². The molecule has 1 fully saturated rings. The minimum Gasteiger partial charge on any atom is -0.462 e. The van der Waals surface area contributed by atoms with Crippen LogP contribution in [0, 0.1) is 0 Å². The lowest BCUT2D eigenvalue weighted by Crippen LogP contribution is -2.46. The van der Waals surface area contributed by atoms with Gasteiger partial charge in [-0.05, 0) is 39.0 Å². The number of hydrogen-bond acceptors (Lipinski definition) is 4. The van der Waals surface area contributed by atoms with Crippen LogP contribution in [-0.2, 0) is 9.47 Å². The maximum Gasteiger partial charge on any atom is 0.338 e. The van der Waals surface area contributed by atoms with Gasteiger partial charge in [0.2, 0.25) is 0 Å². The normalized spacial score (nSPS) is 16.6. The van der Waals surface area contributed by atoms with Crippen molar-refractivity contribution in [3.63, 3.8) is 0 Å². The second-order valence-corrected chi connectivity index (χ2v) is 5.45. The molecule has 0 aliphatic carbocycles. The van der Waals surface area contributed by atoms with Crippen LogP contribution >= 0.6 is 0 Å². The molecule has 0 bridgehead atoms. The molecule has 1 N–H and O–H groups in total. The van der Waals surface area contributed by atoms with Gasteiger partial charge in [-0.2, -0.15) is 0 Å². The monoisotopic (exact) mass is 292 g/mol. The van der Waals surface area contributed by atoms with Crippen LogP contribution in [0.3, 0.4) is 0 Å². The Balaban J connectivity index is 2.08. The van der Waals surface area contributed by atoms with Crippen LogP contribution < -0.4 is 5.32 Å². The zero-order valence-corrected chi connectivity index (χ0v) is 12.5. The number of carbonyl (C=O) groups is 2. The van der Waals surface area contributed by atoms with E-state index >= 15 is 0 Å². The Bertz CT molecular complexity index is 542. The molecule has 0 saturated carbocycles. The first-order chi connectivity index (χ1) is 9.94. The van der Waals surface area contributed by atoms with E-state index in [1.165, 1.54) is 0 Å². The van der Waals surface area contributed by atoms with Crippen LogP contribution in [0.25, 0.3) is 0 Å². The molecule has 1 heterocycles. The van der Waals surface area contributed by atoms with Gasteiger partial charge in [-0.1, -0.05) is 6.07 Å². The van der Waals surface area contributed by atoms with E-state index in [2.05, 4.69) is 5.32 Å². The van der Waals surface area contributed by atoms with Crippen molar-refractivity contribution in [1.82, 2.24) is 4.90 Å². The zero-order chi connectivity index (χ0) is 15.5. The molecule has 114 valence electrons. The Morgan fingerprint density at radius 3 is 2.81 bits per heavy atom. The van der Waals surface area contributed by atoms with Crippen molar-refractivity contribution in [2.24, 2.45) is 0 Å². The first-order valence-electron chi connectivity index (χ1n) is 6.87. The summed E-state index contributed by atoms with van der Waals surface area (Å²) >= 11 is 0. The van der Waals surface area contributed by atoms with Gasteiger partial charge in [0.05, 0.1) is 24.3 Å². The molecule has 6 heteroatoms. The molecular weight excluding hydrogens is 272 g/mol. The highest BCUT2D eigenvalue weighted by Gasteiger charge is 2.36.